The van der Waals surface area contributed by atoms with Crippen LogP contribution >= 0.6 is 0 Å². The molecule has 0 bridgehead atoms. The van der Waals surface area contributed by atoms with E-state index >= 15 is 0 Å². The summed E-state index contributed by atoms with van der Waals surface area (Å²) < 4.78 is 24.3. The SMILES string of the molecule is CCCCC(=O)N1CCC(S(=O)(=O)CC(C)C)CC1. The van der Waals surface area contributed by atoms with E-state index in [-0.39, 0.29) is 22.8 Å². The van der Waals surface area contributed by atoms with Gasteiger partial charge in [-0.15, -0.1) is 0 Å². The van der Waals surface area contributed by atoms with Gasteiger partial charge in [0.05, 0.1) is 11.0 Å². The zero-order valence-corrected chi connectivity index (χ0v) is 13.2. The molecule has 1 heterocycles. The highest BCUT2D eigenvalue weighted by Gasteiger charge is 2.31. The average Bonchev–Trinajstić information content (AvgIpc) is 2.34. The van der Waals surface area contributed by atoms with Gasteiger partial charge in [0, 0.05) is 19.5 Å². The number of carbonyl (C=O) groups excluding carboxylic acids is 1. The summed E-state index contributed by atoms with van der Waals surface area (Å²) in [5, 5.41) is -0.245. The van der Waals surface area contributed by atoms with E-state index < -0.39 is 9.84 Å². The number of amides is 1. The lowest BCUT2D eigenvalue weighted by Gasteiger charge is -2.32. The third-order valence-corrected chi connectivity index (χ3v) is 6.23. The molecule has 0 radical (unpaired) electrons. The second-order valence-electron chi connectivity index (χ2n) is 5.91. The Morgan fingerprint density at radius 1 is 1.26 bits per heavy atom. The minimum atomic E-state index is -2.99. The van der Waals surface area contributed by atoms with Crippen LogP contribution in [0, 0.1) is 5.92 Å². The molecule has 0 N–H and O–H groups in total. The zero-order chi connectivity index (χ0) is 14.5. The van der Waals surface area contributed by atoms with Crippen molar-refractivity contribution in [2.75, 3.05) is 18.8 Å². The minimum Gasteiger partial charge on any atom is -0.343 e. The monoisotopic (exact) mass is 289 g/mol. The van der Waals surface area contributed by atoms with Crippen LogP contribution in [-0.2, 0) is 14.6 Å². The van der Waals surface area contributed by atoms with Crippen molar-refractivity contribution in [2.45, 2.75) is 58.1 Å². The number of hydrogen-bond acceptors (Lipinski definition) is 3. The van der Waals surface area contributed by atoms with E-state index in [4.69, 9.17) is 0 Å². The molecule has 0 aromatic heterocycles. The van der Waals surface area contributed by atoms with E-state index in [0.717, 1.165) is 12.8 Å². The van der Waals surface area contributed by atoms with Gasteiger partial charge in [0.25, 0.3) is 0 Å². The molecule has 0 aromatic rings. The molecule has 0 saturated carbocycles. The number of hydrogen-bond donors (Lipinski definition) is 0. The largest absolute Gasteiger partial charge is 0.343 e. The van der Waals surface area contributed by atoms with E-state index in [1.807, 2.05) is 18.7 Å². The number of rotatable bonds is 6. The van der Waals surface area contributed by atoms with Crippen LogP contribution in [0.15, 0.2) is 0 Å². The Labute approximate surface area is 117 Å². The molecule has 1 aliphatic heterocycles. The summed E-state index contributed by atoms with van der Waals surface area (Å²) in [6, 6.07) is 0. The van der Waals surface area contributed by atoms with Crippen LogP contribution in [0.5, 0.6) is 0 Å². The smallest absolute Gasteiger partial charge is 0.222 e. The molecule has 112 valence electrons. The fraction of sp³-hybridized carbons (Fsp3) is 0.929. The molecule has 0 atom stereocenters. The van der Waals surface area contributed by atoms with Crippen molar-refractivity contribution in [3.8, 4) is 0 Å². The molecular weight excluding hydrogens is 262 g/mol. The van der Waals surface area contributed by atoms with Crippen LogP contribution in [0.1, 0.15) is 52.9 Å². The van der Waals surface area contributed by atoms with Crippen LogP contribution < -0.4 is 0 Å². The van der Waals surface area contributed by atoms with Crippen molar-refractivity contribution >= 4 is 15.7 Å². The number of piperidine rings is 1. The Morgan fingerprint density at radius 2 is 1.84 bits per heavy atom. The zero-order valence-electron chi connectivity index (χ0n) is 12.4. The van der Waals surface area contributed by atoms with Gasteiger partial charge in [-0.05, 0) is 25.2 Å². The lowest BCUT2D eigenvalue weighted by atomic mass is 10.1. The molecular formula is C14H27NO3S. The van der Waals surface area contributed by atoms with E-state index in [9.17, 15) is 13.2 Å². The van der Waals surface area contributed by atoms with Crippen LogP contribution in [0.4, 0.5) is 0 Å². The van der Waals surface area contributed by atoms with Crippen molar-refractivity contribution in [1.29, 1.82) is 0 Å². The molecule has 1 fully saturated rings. The number of likely N-dealkylation sites (tertiary alicyclic amines) is 1. The summed E-state index contributed by atoms with van der Waals surface area (Å²) in [4.78, 5) is 13.7. The Kier molecular flexibility index (Phi) is 6.30. The molecule has 1 aliphatic rings. The van der Waals surface area contributed by atoms with Crippen LogP contribution in [0.3, 0.4) is 0 Å². The van der Waals surface area contributed by atoms with Crippen LogP contribution in [-0.4, -0.2) is 43.3 Å². The lowest BCUT2D eigenvalue weighted by Crippen LogP contribution is -2.43. The van der Waals surface area contributed by atoms with Crippen LogP contribution in [0.2, 0.25) is 0 Å². The van der Waals surface area contributed by atoms with Crippen molar-refractivity contribution in [3.05, 3.63) is 0 Å². The number of unbranched alkanes of at least 4 members (excludes halogenated alkanes) is 1. The van der Waals surface area contributed by atoms with E-state index in [2.05, 4.69) is 6.92 Å². The number of carbonyl (C=O) groups is 1. The molecule has 1 rings (SSSR count). The maximum absolute atomic E-state index is 12.1. The lowest BCUT2D eigenvalue weighted by molar-refractivity contribution is -0.132. The summed E-state index contributed by atoms with van der Waals surface area (Å²) in [7, 11) is -2.99. The Morgan fingerprint density at radius 3 is 2.32 bits per heavy atom. The summed E-state index contributed by atoms with van der Waals surface area (Å²) in [6.07, 6.45) is 3.75. The Balaban J connectivity index is 2.46. The van der Waals surface area contributed by atoms with Crippen molar-refractivity contribution in [2.24, 2.45) is 5.92 Å². The van der Waals surface area contributed by atoms with Gasteiger partial charge in [-0.3, -0.25) is 4.79 Å². The predicted octanol–water partition coefficient (Wildman–Crippen LogP) is 2.24. The fourth-order valence-electron chi connectivity index (χ4n) is 2.55. The molecule has 0 unspecified atom stereocenters. The molecule has 0 spiro atoms. The molecule has 0 aliphatic carbocycles. The van der Waals surface area contributed by atoms with Gasteiger partial charge in [0.1, 0.15) is 0 Å². The van der Waals surface area contributed by atoms with Gasteiger partial charge in [0.2, 0.25) is 5.91 Å². The first kappa shape index (κ1) is 16.5. The summed E-state index contributed by atoms with van der Waals surface area (Å²) in [5.74, 6) is 0.623. The summed E-state index contributed by atoms with van der Waals surface area (Å²) in [6.45, 7) is 7.13. The highest BCUT2D eigenvalue weighted by Crippen LogP contribution is 2.21. The standard InChI is InChI=1S/C14H27NO3S/c1-4-5-6-14(16)15-9-7-13(8-10-15)19(17,18)11-12(2)3/h12-13H,4-11H2,1-3H3. The normalized spacial score (nSPS) is 18.0. The molecule has 1 saturated heterocycles. The minimum absolute atomic E-state index is 0.175. The summed E-state index contributed by atoms with van der Waals surface area (Å²) >= 11 is 0. The van der Waals surface area contributed by atoms with Crippen molar-refractivity contribution in [1.82, 2.24) is 4.90 Å². The van der Waals surface area contributed by atoms with Gasteiger partial charge in [-0.2, -0.15) is 0 Å². The highest BCUT2D eigenvalue weighted by atomic mass is 32.2. The van der Waals surface area contributed by atoms with Crippen molar-refractivity contribution < 1.29 is 13.2 Å². The molecule has 4 nitrogen and oxygen atoms in total. The van der Waals surface area contributed by atoms with E-state index in [1.165, 1.54) is 0 Å². The number of sulfone groups is 1. The Hall–Kier alpha value is -0.580. The molecule has 19 heavy (non-hydrogen) atoms. The third-order valence-electron chi connectivity index (χ3n) is 3.61. The van der Waals surface area contributed by atoms with Gasteiger partial charge >= 0.3 is 0 Å². The van der Waals surface area contributed by atoms with E-state index in [1.54, 1.807) is 0 Å². The maximum Gasteiger partial charge on any atom is 0.222 e. The maximum atomic E-state index is 12.1. The first-order chi connectivity index (χ1) is 8.86. The van der Waals surface area contributed by atoms with Gasteiger partial charge in [0.15, 0.2) is 9.84 Å². The fourth-order valence-corrected chi connectivity index (χ4v) is 4.68. The average molecular weight is 289 g/mol. The first-order valence-corrected chi connectivity index (χ1v) is 9.07. The highest BCUT2D eigenvalue weighted by molar-refractivity contribution is 7.92. The number of nitrogens with zero attached hydrogens (tertiary/aromatic N) is 1. The predicted molar refractivity (Wildman–Crippen MR) is 77.8 cm³/mol. The first-order valence-electron chi connectivity index (χ1n) is 7.36. The molecule has 1 amide bonds. The second-order valence-corrected chi connectivity index (χ2v) is 8.23. The third kappa shape index (κ3) is 5.13. The van der Waals surface area contributed by atoms with E-state index in [0.29, 0.717) is 32.4 Å². The van der Waals surface area contributed by atoms with Crippen molar-refractivity contribution in [3.63, 3.8) is 0 Å². The van der Waals surface area contributed by atoms with Gasteiger partial charge in [-0.25, -0.2) is 8.42 Å². The van der Waals surface area contributed by atoms with Crippen LogP contribution in [0.25, 0.3) is 0 Å². The van der Waals surface area contributed by atoms with Gasteiger partial charge in [-0.1, -0.05) is 27.2 Å². The Bertz CT molecular complexity index is 381. The topological polar surface area (TPSA) is 54.5 Å². The molecule has 5 heteroatoms. The summed E-state index contributed by atoms with van der Waals surface area (Å²) in [5.41, 5.74) is 0. The quantitative estimate of drug-likeness (QED) is 0.753. The molecule has 0 aromatic carbocycles. The van der Waals surface area contributed by atoms with Gasteiger partial charge < -0.3 is 4.90 Å². The second kappa shape index (κ2) is 7.27.